The number of nitrogens with one attached hydrogen (secondary N) is 1. The van der Waals surface area contributed by atoms with E-state index in [0.717, 1.165) is 11.3 Å². The van der Waals surface area contributed by atoms with Gasteiger partial charge in [0.05, 0.1) is 7.11 Å². The summed E-state index contributed by atoms with van der Waals surface area (Å²) in [6, 6.07) is 6.15. The summed E-state index contributed by atoms with van der Waals surface area (Å²) in [4.78, 5) is 11.9. The van der Waals surface area contributed by atoms with Gasteiger partial charge in [-0.25, -0.2) is 0 Å². The summed E-state index contributed by atoms with van der Waals surface area (Å²) in [7, 11) is 1.48. The van der Waals surface area contributed by atoms with Gasteiger partial charge in [0.15, 0.2) is 0 Å². The molecule has 0 atom stereocenters. The fourth-order valence-electron chi connectivity index (χ4n) is 1.53. The number of hydrogen-bond donors (Lipinski definition) is 2. The van der Waals surface area contributed by atoms with Gasteiger partial charge in [0.25, 0.3) is 0 Å². The second kappa shape index (κ2) is 4.87. The fourth-order valence-corrected chi connectivity index (χ4v) is 1.53. The molecule has 1 aromatic heterocycles. The number of aryl methyl sites for hydroxylation is 1. The van der Waals surface area contributed by atoms with Gasteiger partial charge < -0.3 is 15.8 Å². The molecule has 0 saturated heterocycles. The SMILES string of the molecule is COc1nc(N)nc(Nc2cccc(C)c2C)n1. The number of nitrogens with zero attached hydrogens (tertiary/aromatic N) is 3. The van der Waals surface area contributed by atoms with Crippen molar-refractivity contribution in [3.63, 3.8) is 0 Å². The van der Waals surface area contributed by atoms with E-state index >= 15 is 0 Å². The van der Waals surface area contributed by atoms with E-state index in [1.165, 1.54) is 12.7 Å². The molecule has 0 aliphatic rings. The van der Waals surface area contributed by atoms with Crippen LogP contribution in [-0.2, 0) is 0 Å². The molecule has 94 valence electrons. The standard InChI is InChI=1S/C12H15N5O/c1-7-5-4-6-9(8(7)2)14-11-15-10(13)16-12(17-11)18-3/h4-6H,1-3H3,(H3,13,14,15,16,17). The van der Waals surface area contributed by atoms with Crippen molar-refractivity contribution in [3.8, 4) is 6.01 Å². The summed E-state index contributed by atoms with van der Waals surface area (Å²) in [5.41, 5.74) is 8.83. The monoisotopic (exact) mass is 245 g/mol. The highest BCUT2D eigenvalue weighted by Crippen LogP contribution is 2.21. The molecule has 0 aliphatic heterocycles. The lowest BCUT2D eigenvalue weighted by Crippen LogP contribution is -2.06. The Labute approximate surface area is 105 Å². The number of aromatic nitrogens is 3. The molecule has 0 aliphatic carbocycles. The average Bonchev–Trinajstić information content (AvgIpc) is 2.34. The lowest BCUT2D eigenvalue weighted by atomic mass is 10.1. The van der Waals surface area contributed by atoms with Crippen LogP contribution in [0.15, 0.2) is 18.2 Å². The van der Waals surface area contributed by atoms with E-state index in [9.17, 15) is 0 Å². The van der Waals surface area contributed by atoms with Crippen LogP contribution in [0.2, 0.25) is 0 Å². The normalized spacial score (nSPS) is 10.2. The Hall–Kier alpha value is -2.37. The summed E-state index contributed by atoms with van der Waals surface area (Å²) in [6.45, 7) is 4.07. The van der Waals surface area contributed by atoms with Crippen molar-refractivity contribution in [3.05, 3.63) is 29.3 Å². The van der Waals surface area contributed by atoms with E-state index in [-0.39, 0.29) is 12.0 Å². The molecule has 0 spiro atoms. The summed E-state index contributed by atoms with van der Waals surface area (Å²) < 4.78 is 4.95. The molecule has 0 unspecified atom stereocenters. The van der Waals surface area contributed by atoms with Gasteiger partial charge in [0, 0.05) is 5.69 Å². The van der Waals surface area contributed by atoms with Gasteiger partial charge in [-0.05, 0) is 31.0 Å². The molecule has 0 bridgehead atoms. The van der Waals surface area contributed by atoms with Crippen LogP contribution in [-0.4, -0.2) is 22.1 Å². The number of methoxy groups -OCH3 is 1. The van der Waals surface area contributed by atoms with E-state index in [1.807, 2.05) is 32.0 Å². The first-order chi connectivity index (χ1) is 8.60. The summed E-state index contributed by atoms with van der Waals surface area (Å²) in [6.07, 6.45) is 0. The topological polar surface area (TPSA) is 86.0 Å². The summed E-state index contributed by atoms with van der Waals surface area (Å²) >= 11 is 0. The Kier molecular flexibility index (Phi) is 3.27. The van der Waals surface area contributed by atoms with Crippen molar-refractivity contribution >= 4 is 17.6 Å². The Morgan fingerprint density at radius 1 is 1.17 bits per heavy atom. The van der Waals surface area contributed by atoms with Crippen molar-refractivity contribution in [1.29, 1.82) is 0 Å². The molecule has 18 heavy (non-hydrogen) atoms. The second-order valence-electron chi connectivity index (χ2n) is 3.88. The van der Waals surface area contributed by atoms with Crippen LogP contribution in [0.25, 0.3) is 0 Å². The van der Waals surface area contributed by atoms with E-state index in [0.29, 0.717) is 5.95 Å². The van der Waals surface area contributed by atoms with Crippen molar-refractivity contribution in [2.45, 2.75) is 13.8 Å². The van der Waals surface area contributed by atoms with Crippen LogP contribution in [0.1, 0.15) is 11.1 Å². The van der Waals surface area contributed by atoms with E-state index in [2.05, 4.69) is 20.3 Å². The van der Waals surface area contributed by atoms with Crippen LogP contribution in [0.5, 0.6) is 6.01 Å². The van der Waals surface area contributed by atoms with Gasteiger partial charge in [-0.2, -0.15) is 15.0 Å². The number of anilines is 3. The number of benzene rings is 1. The molecular weight excluding hydrogens is 230 g/mol. The maximum absolute atomic E-state index is 5.57. The highest BCUT2D eigenvalue weighted by atomic mass is 16.5. The van der Waals surface area contributed by atoms with Gasteiger partial charge in [-0.3, -0.25) is 0 Å². The predicted molar refractivity (Wildman–Crippen MR) is 70.0 cm³/mol. The van der Waals surface area contributed by atoms with Crippen molar-refractivity contribution < 1.29 is 4.74 Å². The first kappa shape index (κ1) is 12.1. The maximum atomic E-state index is 5.57. The molecule has 0 radical (unpaired) electrons. The van der Waals surface area contributed by atoms with Crippen molar-refractivity contribution in [1.82, 2.24) is 15.0 Å². The highest BCUT2D eigenvalue weighted by Gasteiger charge is 2.06. The van der Waals surface area contributed by atoms with Gasteiger partial charge in [-0.15, -0.1) is 0 Å². The molecule has 6 nitrogen and oxygen atoms in total. The predicted octanol–water partition coefficient (Wildman–Crippen LogP) is 1.82. The maximum Gasteiger partial charge on any atom is 0.322 e. The molecule has 6 heteroatoms. The molecule has 0 amide bonds. The van der Waals surface area contributed by atoms with Gasteiger partial charge in [0.2, 0.25) is 11.9 Å². The second-order valence-corrected chi connectivity index (χ2v) is 3.88. The number of hydrogen-bond acceptors (Lipinski definition) is 6. The fraction of sp³-hybridized carbons (Fsp3) is 0.250. The van der Waals surface area contributed by atoms with Crippen molar-refractivity contribution in [2.75, 3.05) is 18.2 Å². The third-order valence-electron chi connectivity index (χ3n) is 2.67. The minimum atomic E-state index is 0.120. The van der Waals surface area contributed by atoms with E-state index in [1.54, 1.807) is 0 Å². The Balaban J connectivity index is 2.34. The molecule has 3 N–H and O–H groups in total. The van der Waals surface area contributed by atoms with Gasteiger partial charge in [-0.1, -0.05) is 12.1 Å². The highest BCUT2D eigenvalue weighted by molar-refractivity contribution is 5.60. The number of ether oxygens (including phenoxy) is 1. The first-order valence-corrected chi connectivity index (χ1v) is 5.49. The average molecular weight is 245 g/mol. The number of nitrogen functional groups attached to an aromatic ring is 1. The summed E-state index contributed by atoms with van der Waals surface area (Å²) in [5.74, 6) is 0.489. The van der Waals surface area contributed by atoms with E-state index in [4.69, 9.17) is 10.5 Å². The molecule has 2 aromatic rings. The number of nitrogens with two attached hydrogens (primary N) is 1. The molecule has 0 fully saturated rings. The lowest BCUT2D eigenvalue weighted by Gasteiger charge is -2.10. The third-order valence-corrected chi connectivity index (χ3v) is 2.67. The van der Waals surface area contributed by atoms with Crippen LogP contribution < -0.4 is 15.8 Å². The van der Waals surface area contributed by atoms with E-state index < -0.39 is 0 Å². The Morgan fingerprint density at radius 2 is 1.94 bits per heavy atom. The van der Waals surface area contributed by atoms with Crippen LogP contribution in [0, 0.1) is 13.8 Å². The molecular formula is C12H15N5O. The molecule has 1 heterocycles. The van der Waals surface area contributed by atoms with Crippen LogP contribution >= 0.6 is 0 Å². The number of rotatable bonds is 3. The van der Waals surface area contributed by atoms with Crippen molar-refractivity contribution in [2.24, 2.45) is 0 Å². The Morgan fingerprint density at radius 3 is 2.67 bits per heavy atom. The minimum Gasteiger partial charge on any atom is -0.467 e. The minimum absolute atomic E-state index is 0.120. The largest absolute Gasteiger partial charge is 0.467 e. The zero-order valence-electron chi connectivity index (χ0n) is 10.6. The molecule has 1 aromatic carbocycles. The molecule has 2 rings (SSSR count). The third kappa shape index (κ3) is 2.48. The Bertz CT molecular complexity index is 570. The zero-order chi connectivity index (χ0) is 13.1. The smallest absolute Gasteiger partial charge is 0.322 e. The van der Waals surface area contributed by atoms with Crippen LogP contribution in [0.4, 0.5) is 17.6 Å². The lowest BCUT2D eigenvalue weighted by molar-refractivity contribution is 0.380. The molecule has 0 saturated carbocycles. The first-order valence-electron chi connectivity index (χ1n) is 5.49. The van der Waals surface area contributed by atoms with Gasteiger partial charge in [0.1, 0.15) is 0 Å². The summed E-state index contributed by atoms with van der Waals surface area (Å²) in [5, 5.41) is 3.11. The van der Waals surface area contributed by atoms with Crippen LogP contribution in [0.3, 0.4) is 0 Å². The zero-order valence-corrected chi connectivity index (χ0v) is 10.6. The quantitative estimate of drug-likeness (QED) is 0.857. The van der Waals surface area contributed by atoms with Gasteiger partial charge >= 0.3 is 6.01 Å².